The van der Waals surface area contributed by atoms with E-state index in [4.69, 9.17) is 25.8 Å². The summed E-state index contributed by atoms with van der Waals surface area (Å²) >= 11 is 6.60. The monoisotopic (exact) mass is 573 g/mol. The van der Waals surface area contributed by atoms with E-state index in [-0.39, 0.29) is 35.0 Å². The molecule has 0 radical (unpaired) electrons. The van der Waals surface area contributed by atoms with Crippen molar-refractivity contribution in [3.05, 3.63) is 55.5 Å². The molecule has 1 aromatic heterocycles. The molecule has 0 spiro atoms. The number of fused-ring (bicyclic) bond motifs is 1. The van der Waals surface area contributed by atoms with Crippen molar-refractivity contribution in [2.24, 2.45) is 5.92 Å². The van der Waals surface area contributed by atoms with Crippen LogP contribution >= 0.6 is 11.6 Å². The molecular formula is C30H40ClN3O6. The lowest BCUT2D eigenvalue weighted by molar-refractivity contribution is -0.121. The normalized spacial score (nSPS) is 22.1. The topological polar surface area (TPSA) is 119 Å². The van der Waals surface area contributed by atoms with E-state index in [9.17, 15) is 14.4 Å². The molecule has 3 N–H and O–H groups in total. The van der Waals surface area contributed by atoms with Gasteiger partial charge in [0, 0.05) is 47.8 Å². The summed E-state index contributed by atoms with van der Waals surface area (Å²) in [6, 6.07) is 3.53. The van der Waals surface area contributed by atoms with Crippen molar-refractivity contribution in [1.29, 1.82) is 0 Å². The lowest BCUT2D eigenvalue weighted by atomic mass is 9.81. The van der Waals surface area contributed by atoms with Gasteiger partial charge in [-0.2, -0.15) is 0 Å². The molecule has 1 aromatic carbocycles. The highest BCUT2D eigenvalue weighted by atomic mass is 35.5. The minimum atomic E-state index is -0.950. The fraction of sp³-hybridized carbons (Fsp3) is 0.567. The van der Waals surface area contributed by atoms with Gasteiger partial charge in [0.25, 0.3) is 17.3 Å². The van der Waals surface area contributed by atoms with Gasteiger partial charge in [-0.25, -0.2) is 4.79 Å². The number of hydrogen-bond acceptors (Lipinski definition) is 6. The molecular weight excluding hydrogens is 534 g/mol. The molecule has 1 aliphatic carbocycles. The number of amides is 2. The summed E-state index contributed by atoms with van der Waals surface area (Å²) in [6.07, 6.45) is 3.36. The van der Waals surface area contributed by atoms with Gasteiger partial charge < -0.3 is 29.8 Å². The maximum atomic E-state index is 13.2. The van der Waals surface area contributed by atoms with Crippen LogP contribution in [0.2, 0.25) is 5.02 Å². The molecule has 0 saturated heterocycles. The largest absolute Gasteiger partial charge is 0.448 e. The first-order valence-electron chi connectivity index (χ1n) is 13.9. The Morgan fingerprint density at radius 1 is 1.12 bits per heavy atom. The standard InChI is InChI=1S/C30H40ClN3O6/c1-8-18-13-16(2)33-27(36)22(18)15-32-26(35)21-14-23(31)25-24(17(21)3)38-30(7,39-25)19-9-11-20(12-10-19)34-28(37)40-29(4,5)6/h13-14,19-20H,8-12,15H2,1-7H3,(H,32,35)(H,33,36)(H,34,37)/t19-,20-,30?. The third-order valence-electron chi connectivity index (χ3n) is 7.65. The number of aryl methyl sites for hydroxylation is 2. The predicted octanol–water partition coefficient (Wildman–Crippen LogP) is 5.71. The number of carbonyl (C=O) groups excluding carboxylic acids is 2. The zero-order valence-corrected chi connectivity index (χ0v) is 25.1. The Hall–Kier alpha value is -3.20. The molecule has 40 heavy (non-hydrogen) atoms. The number of aromatic nitrogens is 1. The number of H-pyrrole nitrogens is 1. The lowest BCUT2D eigenvalue weighted by Crippen LogP contribution is -2.48. The van der Waals surface area contributed by atoms with Crippen LogP contribution in [-0.2, 0) is 17.7 Å². The van der Waals surface area contributed by atoms with Gasteiger partial charge >= 0.3 is 6.09 Å². The first-order chi connectivity index (χ1) is 18.7. The second-order valence-corrected chi connectivity index (χ2v) is 12.3. The van der Waals surface area contributed by atoms with Crippen molar-refractivity contribution < 1.29 is 23.8 Å². The summed E-state index contributed by atoms with van der Waals surface area (Å²) in [5, 5.41) is 6.12. The Bertz CT molecular complexity index is 1360. The zero-order chi connectivity index (χ0) is 29.4. The number of benzene rings is 1. The van der Waals surface area contributed by atoms with Gasteiger partial charge in [-0.1, -0.05) is 18.5 Å². The van der Waals surface area contributed by atoms with Gasteiger partial charge in [0.05, 0.1) is 5.02 Å². The Kier molecular flexibility index (Phi) is 8.45. The van der Waals surface area contributed by atoms with E-state index in [1.807, 2.05) is 47.6 Å². The summed E-state index contributed by atoms with van der Waals surface area (Å²) < 4.78 is 18.1. The first kappa shape index (κ1) is 29.8. The maximum Gasteiger partial charge on any atom is 0.407 e. The molecule has 1 unspecified atom stereocenters. The van der Waals surface area contributed by atoms with Gasteiger partial charge in [-0.15, -0.1) is 0 Å². The van der Waals surface area contributed by atoms with E-state index in [1.54, 1.807) is 13.0 Å². The van der Waals surface area contributed by atoms with E-state index in [0.29, 0.717) is 34.6 Å². The Morgan fingerprint density at radius 2 is 1.77 bits per heavy atom. The molecule has 1 saturated carbocycles. The fourth-order valence-electron chi connectivity index (χ4n) is 5.54. The van der Waals surface area contributed by atoms with Crippen molar-refractivity contribution in [2.75, 3.05) is 0 Å². The number of pyridine rings is 1. The molecule has 2 aromatic rings. The first-order valence-corrected chi connectivity index (χ1v) is 14.3. The molecule has 218 valence electrons. The van der Waals surface area contributed by atoms with Crippen LogP contribution < -0.4 is 25.7 Å². The van der Waals surface area contributed by atoms with Crippen LogP contribution in [0, 0.1) is 19.8 Å². The Labute approximate surface area is 240 Å². The predicted molar refractivity (Wildman–Crippen MR) is 153 cm³/mol. The number of aromatic amines is 1. The van der Waals surface area contributed by atoms with Crippen molar-refractivity contribution in [2.45, 2.75) is 105 Å². The van der Waals surface area contributed by atoms with Crippen LogP contribution in [0.3, 0.4) is 0 Å². The number of carbonyl (C=O) groups is 2. The van der Waals surface area contributed by atoms with Gasteiger partial charge in [-0.05, 0) is 84.4 Å². The number of ether oxygens (including phenoxy) is 3. The molecule has 1 atom stereocenters. The highest BCUT2D eigenvalue weighted by Gasteiger charge is 2.47. The molecule has 1 fully saturated rings. The van der Waals surface area contributed by atoms with Gasteiger partial charge in [0.15, 0.2) is 11.5 Å². The Morgan fingerprint density at radius 3 is 2.40 bits per heavy atom. The highest BCUT2D eigenvalue weighted by molar-refractivity contribution is 6.33. The third kappa shape index (κ3) is 6.40. The van der Waals surface area contributed by atoms with Crippen LogP contribution in [-0.4, -0.2) is 34.4 Å². The minimum absolute atomic E-state index is 0.0214. The molecule has 10 heteroatoms. The minimum Gasteiger partial charge on any atom is -0.448 e. The van der Waals surface area contributed by atoms with Crippen molar-refractivity contribution >= 4 is 23.6 Å². The van der Waals surface area contributed by atoms with Crippen molar-refractivity contribution in [1.82, 2.24) is 15.6 Å². The second kappa shape index (κ2) is 11.4. The van der Waals surface area contributed by atoms with Crippen LogP contribution in [0.4, 0.5) is 4.79 Å². The molecule has 9 nitrogen and oxygen atoms in total. The van der Waals surface area contributed by atoms with E-state index < -0.39 is 17.5 Å². The average Bonchev–Trinajstić information content (AvgIpc) is 3.24. The lowest BCUT2D eigenvalue weighted by Gasteiger charge is -2.37. The molecule has 2 amide bonds. The van der Waals surface area contributed by atoms with Crippen LogP contribution in [0.15, 0.2) is 16.9 Å². The molecule has 1 aliphatic heterocycles. The molecule has 2 heterocycles. The van der Waals surface area contributed by atoms with Gasteiger partial charge in [-0.3, -0.25) is 9.59 Å². The summed E-state index contributed by atoms with van der Waals surface area (Å²) in [4.78, 5) is 40.7. The number of nitrogens with one attached hydrogen (secondary N) is 3. The van der Waals surface area contributed by atoms with E-state index in [2.05, 4.69) is 15.6 Å². The Balaban J connectivity index is 1.43. The van der Waals surface area contributed by atoms with Crippen molar-refractivity contribution in [3.8, 4) is 11.5 Å². The molecule has 4 rings (SSSR count). The summed E-state index contributed by atoms with van der Waals surface area (Å²) in [7, 11) is 0. The molecule has 2 aliphatic rings. The van der Waals surface area contributed by atoms with Gasteiger partial charge in [0.1, 0.15) is 5.60 Å². The zero-order valence-electron chi connectivity index (χ0n) is 24.4. The van der Waals surface area contributed by atoms with Crippen LogP contribution in [0.5, 0.6) is 11.5 Å². The van der Waals surface area contributed by atoms with E-state index in [1.165, 1.54) is 0 Å². The highest BCUT2D eigenvalue weighted by Crippen LogP contribution is 2.51. The van der Waals surface area contributed by atoms with Crippen LogP contribution in [0.1, 0.15) is 93.0 Å². The van der Waals surface area contributed by atoms with Crippen molar-refractivity contribution in [3.63, 3.8) is 0 Å². The quantitative estimate of drug-likeness (QED) is 0.407. The number of rotatable bonds is 6. The second-order valence-electron chi connectivity index (χ2n) is 11.9. The smallest absolute Gasteiger partial charge is 0.407 e. The number of hydrogen-bond donors (Lipinski definition) is 3. The van der Waals surface area contributed by atoms with Crippen LogP contribution in [0.25, 0.3) is 0 Å². The number of alkyl carbamates (subject to hydrolysis) is 1. The van der Waals surface area contributed by atoms with Gasteiger partial charge in [0.2, 0.25) is 0 Å². The van der Waals surface area contributed by atoms with E-state index in [0.717, 1.165) is 36.9 Å². The maximum absolute atomic E-state index is 13.2. The third-order valence-corrected chi connectivity index (χ3v) is 7.93. The fourth-order valence-corrected chi connectivity index (χ4v) is 5.78. The molecule has 0 bridgehead atoms. The summed E-state index contributed by atoms with van der Waals surface area (Å²) in [5.41, 5.74) is 2.45. The SMILES string of the molecule is CCc1cc(C)[nH]c(=O)c1CNC(=O)c1cc(Cl)c2c(c1C)OC(C)([C@H]1CC[C@H](NC(=O)OC(C)(C)C)CC1)O2. The number of halogens is 1. The summed E-state index contributed by atoms with van der Waals surface area (Å²) in [5.74, 6) is -0.360. The summed E-state index contributed by atoms with van der Waals surface area (Å²) in [6.45, 7) is 13.1. The average molecular weight is 574 g/mol. The van der Waals surface area contributed by atoms with E-state index >= 15 is 0 Å².